The highest BCUT2D eigenvalue weighted by Crippen LogP contribution is 2.23. The predicted molar refractivity (Wildman–Crippen MR) is 49.6 cm³/mol. The second-order valence-corrected chi connectivity index (χ2v) is 4.85. The lowest BCUT2D eigenvalue weighted by atomic mass is 10.3. The van der Waals surface area contributed by atoms with Crippen molar-refractivity contribution in [1.82, 2.24) is 0 Å². The predicted octanol–water partition coefficient (Wildman–Crippen LogP) is 1.93. The molecule has 0 aliphatic carbocycles. The van der Waals surface area contributed by atoms with Crippen LogP contribution in [0.3, 0.4) is 0 Å². The van der Waals surface area contributed by atoms with E-state index in [1.165, 1.54) is 12.1 Å². The van der Waals surface area contributed by atoms with Crippen LogP contribution in [-0.4, -0.2) is 14.7 Å². The number of halogens is 2. The van der Waals surface area contributed by atoms with Crippen LogP contribution in [0.4, 0.5) is 4.39 Å². The van der Waals surface area contributed by atoms with Crippen molar-refractivity contribution in [2.24, 2.45) is 0 Å². The van der Waals surface area contributed by atoms with Gasteiger partial charge in [0, 0.05) is 4.47 Å². The van der Waals surface area contributed by atoms with Crippen molar-refractivity contribution in [3.63, 3.8) is 0 Å². The van der Waals surface area contributed by atoms with E-state index in [2.05, 4.69) is 20.1 Å². The smallest absolute Gasteiger partial charge is 0.306 e. The van der Waals surface area contributed by atoms with Crippen molar-refractivity contribution < 1.29 is 17.0 Å². The minimum Gasteiger partial charge on any atom is -0.379 e. The number of rotatable bonds is 2. The summed E-state index contributed by atoms with van der Waals surface area (Å²) in [6.45, 7) is 0. The maximum absolute atomic E-state index is 12.9. The van der Waals surface area contributed by atoms with Crippen molar-refractivity contribution in [2.45, 2.75) is 0 Å². The third kappa shape index (κ3) is 3.31. The Morgan fingerprint density at radius 1 is 1.46 bits per heavy atom. The lowest BCUT2D eigenvalue weighted by Crippen LogP contribution is -2.06. The highest BCUT2D eigenvalue weighted by atomic mass is 79.9. The van der Waals surface area contributed by atoms with Crippen LogP contribution in [0.25, 0.3) is 0 Å². The highest BCUT2D eigenvalue weighted by Gasteiger charge is 2.09. The molecule has 0 aromatic heterocycles. The second-order valence-electron chi connectivity index (χ2n) is 2.36. The highest BCUT2D eigenvalue weighted by molar-refractivity contribution is 9.10. The zero-order valence-corrected chi connectivity index (χ0v) is 9.02. The van der Waals surface area contributed by atoms with E-state index >= 15 is 0 Å². The summed E-state index contributed by atoms with van der Waals surface area (Å²) in [4.78, 5) is 0. The third-order valence-corrected chi connectivity index (χ3v) is 2.11. The summed E-state index contributed by atoms with van der Waals surface area (Å²) in [6.07, 6.45) is 0.855. The molecule has 0 unspecified atom stereocenters. The minimum absolute atomic E-state index is 0.308. The summed E-state index contributed by atoms with van der Waals surface area (Å²) in [5, 5.41) is 0. The Hall–Kier alpha value is -0.620. The van der Waals surface area contributed by atoms with Crippen molar-refractivity contribution in [3.05, 3.63) is 28.5 Å². The Kier molecular flexibility index (Phi) is 2.92. The van der Waals surface area contributed by atoms with Gasteiger partial charge in [0.2, 0.25) is 0 Å². The van der Waals surface area contributed by atoms with Crippen LogP contribution >= 0.6 is 15.9 Å². The zero-order chi connectivity index (χ0) is 10.1. The molecule has 1 aromatic carbocycles. The van der Waals surface area contributed by atoms with Crippen LogP contribution in [0.2, 0.25) is 0 Å². The molecule has 72 valence electrons. The van der Waals surface area contributed by atoms with E-state index in [9.17, 15) is 12.8 Å². The fraction of sp³-hybridized carbons (Fsp3) is 0.143. The molecule has 0 N–H and O–H groups in total. The van der Waals surface area contributed by atoms with Crippen molar-refractivity contribution in [1.29, 1.82) is 0 Å². The topological polar surface area (TPSA) is 43.4 Å². The molecule has 0 saturated carbocycles. The van der Waals surface area contributed by atoms with Gasteiger partial charge in [-0.3, -0.25) is 0 Å². The molecule has 0 fully saturated rings. The quantitative estimate of drug-likeness (QED) is 0.770. The standard InChI is InChI=1S/C7H6BrFO3S/c1-13(10,11)12-7-4-5(8)2-3-6(7)9/h2-4H,1H3. The van der Waals surface area contributed by atoms with E-state index in [0.717, 1.165) is 12.3 Å². The number of benzene rings is 1. The van der Waals surface area contributed by atoms with Crippen LogP contribution < -0.4 is 4.18 Å². The van der Waals surface area contributed by atoms with Crippen LogP contribution in [0.15, 0.2) is 22.7 Å². The van der Waals surface area contributed by atoms with Crippen LogP contribution in [-0.2, 0) is 10.1 Å². The summed E-state index contributed by atoms with van der Waals surface area (Å²) in [5.41, 5.74) is 0. The van der Waals surface area contributed by atoms with Gasteiger partial charge in [-0.1, -0.05) is 15.9 Å². The van der Waals surface area contributed by atoms with Gasteiger partial charge >= 0.3 is 10.1 Å². The van der Waals surface area contributed by atoms with Crippen molar-refractivity contribution in [3.8, 4) is 5.75 Å². The summed E-state index contributed by atoms with van der Waals surface area (Å²) >= 11 is 3.06. The Morgan fingerprint density at radius 2 is 2.08 bits per heavy atom. The van der Waals surface area contributed by atoms with E-state index in [4.69, 9.17) is 0 Å². The molecule has 0 spiro atoms. The Morgan fingerprint density at radius 3 is 2.62 bits per heavy atom. The molecule has 0 bridgehead atoms. The Labute approximate surface area is 83.8 Å². The Balaban J connectivity index is 3.08. The van der Waals surface area contributed by atoms with Gasteiger partial charge in [-0.2, -0.15) is 8.42 Å². The van der Waals surface area contributed by atoms with E-state index in [1.54, 1.807) is 0 Å². The van der Waals surface area contributed by atoms with E-state index in [1.807, 2.05) is 0 Å². The molecule has 0 amide bonds. The van der Waals surface area contributed by atoms with Gasteiger partial charge in [-0.15, -0.1) is 0 Å². The summed E-state index contributed by atoms with van der Waals surface area (Å²) in [6, 6.07) is 3.81. The molecule has 1 aromatic rings. The van der Waals surface area contributed by atoms with Crippen LogP contribution in [0, 0.1) is 5.82 Å². The molecule has 0 aliphatic heterocycles. The van der Waals surface area contributed by atoms with E-state index < -0.39 is 15.9 Å². The molecule has 0 aliphatic rings. The Bertz CT molecular complexity index is 416. The van der Waals surface area contributed by atoms with E-state index in [-0.39, 0.29) is 5.75 Å². The third-order valence-electron chi connectivity index (χ3n) is 1.13. The molecule has 13 heavy (non-hydrogen) atoms. The zero-order valence-electron chi connectivity index (χ0n) is 6.62. The lowest BCUT2D eigenvalue weighted by Gasteiger charge is -2.03. The maximum atomic E-state index is 12.9. The molecule has 3 nitrogen and oxygen atoms in total. The monoisotopic (exact) mass is 268 g/mol. The maximum Gasteiger partial charge on any atom is 0.306 e. The first-order chi connectivity index (χ1) is 5.88. The fourth-order valence-electron chi connectivity index (χ4n) is 0.704. The number of hydrogen-bond donors (Lipinski definition) is 0. The number of hydrogen-bond acceptors (Lipinski definition) is 3. The first kappa shape index (κ1) is 10.5. The molecule has 0 saturated heterocycles. The summed E-state index contributed by atoms with van der Waals surface area (Å²) < 4.78 is 39.1. The van der Waals surface area contributed by atoms with Gasteiger partial charge in [0.05, 0.1) is 6.26 Å². The van der Waals surface area contributed by atoms with Gasteiger partial charge in [-0.25, -0.2) is 4.39 Å². The molecule has 0 radical (unpaired) electrons. The summed E-state index contributed by atoms with van der Waals surface area (Å²) in [5.74, 6) is -1.02. The molecular weight excluding hydrogens is 263 g/mol. The second kappa shape index (κ2) is 3.63. The molecule has 6 heteroatoms. The molecule has 0 atom stereocenters. The van der Waals surface area contributed by atoms with Crippen LogP contribution in [0.1, 0.15) is 0 Å². The van der Waals surface area contributed by atoms with Gasteiger partial charge in [0.1, 0.15) is 0 Å². The first-order valence-electron chi connectivity index (χ1n) is 3.23. The van der Waals surface area contributed by atoms with Crippen LogP contribution in [0.5, 0.6) is 5.75 Å². The van der Waals surface area contributed by atoms with Crippen molar-refractivity contribution >= 4 is 26.0 Å². The molecular formula is C7H6BrFO3S. The SMILES string of the molecule is CS(=O)(=O)Oc1cc(Br)ccc1F. The largest absolute Gasteiger partial charge is 0.379 e. The van der Waals surface area contributed by atoms with Gasteiger partial charge in [0.25, 0.3) is 0 Å². The fourth-order valence-corrected chi connectivity index (χ4v) is 1.50. The molecule has 0 heterocycles. The average Bonchev–Trinajstić information content (AvgIpc) is 1.94. The average molecular weight is 269 g/mol. The van der Waals surface area contributed by atoms with Gasteiger partial charge < -0.3 is 4.18 Å². The summed E-state index contributed by atoms with van der Waals surface area (Å²) in [7, 11) is -3.68. The van der Waals surface area contributed by atoms with Gasteiger partial charge in [0.15, 0.2) is 11.6 Å². The van der Waals surface area contributed by atoms with Gasteiger partial charge in [-0.05, 0) is 18.2 Å². The first-order valence-corrected chi connectivity index (χ1v) is 5.84. The minimum atomic E-state index is -3.68. The lowest BCUT2D eigenvalue weighted by molar-refractivity contribution is 0.466. The molecule has 1 rings (SSSR count). The van der Waals surface area contributed by atoms with E-state index in [0.29, 0.717) is 4.47 Å². The normalized spacial score (nSPS) is 11.3. The van der Waals surface area contributed by atoms with Crippen molar-refractivity contribution in [2.75, 3.05) is 6.26 Å².